The maximum absolute atomic E-state index is 11.9. The van der Waals surface area contributed by atoms with Crippen LogP contribution in [0, 0.1) is 6.92 Å². The molecule has 1 saturated heterocycles. The molecule has 4 atom stereocenters. The largest absolute Gasteiger partial charge is 0.354 e. The second-order valence-electron chi connectivity index (χ2n) is 5.38. The Morgan fingerprint density at radius 1 is 1.65 bits per heavy atom. The van der Waals surface area contributed by atoms with Crippen LogP contribution in [0.1, 0.15) is 24.6 Å². The number of hydrogen-bond donors (Lipinski definition) is 2. The van der Waals surface area contributed by atoms with Crippen molar-refractivity contribution in [1.29, 1.82) is 0 Å². The van der Waals surface area contributed by atoms with Crippen molar-refractivity contribution in [2.24, 2.45) is 5.11 Å². The molecule has 1 aromatic rings. The highest BCUT2D eigenvalue weighted by Crippen LogP contribution is 2.39. The lowest BCUT2D eigenvalue weighted by atomic mass is 10.1. The molecule has 0 amide bonds. The van der Waals surface area contributed by atoms with Crippen molar-refractivity contribution in [3.8, 4) is 0 Å². The Bertz CT molecular complexity index is 795. The van der Waals surface area contributed by atoms with Gasteiger partial charge in [-0.1, -0.05) is 5.11 Å². The second-order valence-corrected chi connectivity index (χ2v) is 7.34. The maximum Gasteiger partial charge on any atom is 0.330 e. The molecule has 1 aromatic heterocycles. The predicted octanol–water partition coefficient (Wildman–Crippen LogP) is 0.555. The molecule has 122 valence electrons. The average molecular weight is 339 g/mol. The fraction of sp³-hybridized carbons (Fsp3) is 0.636. The predicted molar refractivity (Wildman–Crippen MR) is 82.6 cm³/mol. The number of H-pyrrole nitrogens is 1. The molecule has 2 heterocycles. The van der Waals surface area contributed by atoms with Gasteiger partial charge in [0.1, 0.15) is 13.5 Å². The zero-order valence-corrected chi connectivity index (χ0v) is 13.2. The van der Waals surface area contributed by atoms with Gasteiger partial charge in [-0.25, -0.2) is 4.79 Å². The van der Waals surface area contributed by atoms with Crippen molar-refractivity contribution in [1.82, 2.24) is 9.55 Å². The maximum atomic E-state index is 11.9. The number of ether oxygens (including phenoxy) is 1. The Hall–Kier alpha value is -1.80. The first-order valence-electron chi connectivity index (χ1n) is 6.83. The van der Waals surface area contributed by atoms with Gasteiger partial charge in [-0.3, -0.25) is 14.3 Å². The highest BCUT2D eigenvalue weighted by molar-refractivity contribution is 7.82. The molecule has 1 fully saturated rings. The molecule has 2 N–H and O–H groups in total. The first-order chi connectivity index (χ1) is 10.7. The standard InChI is InChI=1S/C11H15BN5O5P/c1-6-5-17(11(19)14-10(6)18)9-4-7(15-16-13)8(22-9)2-3-23(12,20)21/h5,7-9H,2-4H2,1H3,(H,20,21)(H,14,18,19)/t7-,8+,9+/m0/s1. The van der Waals surface area contributed by atoms with Crippen LogP contribution < -0.4 is 11.2 Å². The van der Waals surface area contributed by atoms with E-state index in [0.717, 1.165) is 0 Å². The van der Waals surface area contributed by atoms with Crippen LogP contribution in [0.15, 0.2) is 20.9 Å². The minimum Gasteiger partial charge on any atom is -0.354 e. The van der Waals surface area contributed by atoms with Crippen LogP contribution in [0.25, 0.3) is 10.4 Å². The third-order valence-corrected chi connectivity index (χ3v) is 4.49. The van der Waals surface area contributed by atoms with Crippen molar-refractivity contribution in [3.63, 3.8) is 0 Å². The Balaban J connectivity index is 2.24. The summed E-state index contributed by atoms with van der Waals surface area (Å²) in [6.07, 6.45) is 0.110. The molecular formula is C11H15BN5O5P. The molecule has 1 aliphatic rings. The average Bonchev–Trinajstić information content (AvgIpc) is 2.83. The van der Waals surface area contributed by atoms with E-state index in [9.17, 15) is 14.2 Å². The van der Waals surface area contributed by atoms with Gasteiger partial charge < -0.3 is 14.2 Å². The van der Waals surface area contributed by atoms with Crippen LogP contribution in [0.5, 0.6) is 0 Å². The minimum absolute atomic E-state index is 0.113. The monoisotopic (exact) mass is 339 g/mol. The lowest BCUT2D eigenvalue weighted by Gasteiger charge is -2.17. The number of hydrogen-bond acceptors (Lipinski definition) is 5. The summed E-state index contributed by atoms with van der Waals surface area (Å²) < 4.78 is 18.1. The summed E-state index contributed by atoms with van der Waals surface area (Å²) in [5.74, 6) is 0. The molecular weight excluding hydrogens is 324 g/mol. The molecule has 10 nitrogen and oxygen atoms in total. The summed E-state index contributed by atoms with van der Waals surface area (Å²) >= 11 is 0. The molecule has 0 saturated carbocycles. The molecule has 0 aromatic carbocycles. The number of azide groups is 1. The van der Waals surface area contributed by atoms with Gasteiger partial charge in [0.2, 0.25) is 7.57 Å². The molecule has 2 rings (SSSR count). The van der Waals surface area contributed by atoms with E-state index < -0.39 is 36.9 Å². The van der Waals surface area contributed by atoms with Crippen molar-refractivity contribution >= 4 is 14.8 Å². The van der Waals surface area contributed by atoms with Crippen LogP contribution in [0.2, 0.25) is 0 Å². The Kier molecular flexibility index (Phi) is 5.16. The van der Waals surface area contributed by atoms with Gasteiger partial charge in [0.15, 0.2) is 0 Å². The zero-order valence-electron chi connectivity index (χ0n) is 12.3. The van der Waals surface area contributed by atoms with Crippen LogP contribution in [0.3, 0.4) is 0 Å². The lowest BCUT2D eigenvalue weighted by molar-refractivity contribution is -0.00398. The van der Waals surface area contributed by atoms with E-state index in [2.05, 4.69) is 15.0 Å². The van der Waals surface area contributed by atoms with Gasteiger partial charge >= 0.3 is 5.69 Å². The molecule has 0 aliphatic carbocycles. The van der Waals surface area contributed by atoms with Gasteiger partial charge in [-0.2, -0.15) is 0 Å². The molecule has 2 radical (unpaired) electrons. The number of aromatic amines is 1. The fourth-order valence-corrected chi connectivity index (χ4v) is 3.07. The number of rotatable bonds is 5. The van der Waals surface area contributed by atoms with E-state index >= 15 is 0 Å². The number of aromatic nitrogens is 2. The van der Waals surface area contributed by atoms with Crippen molar-refractivity contribution in [2.45, 2.75) is 38.1 Å². The second kappa shape index (κ2) is 6.76. The first kappa shape index (κ1) is 17.6. The number of nitrogens with zero attached hydrogens (tertiary/aromatic N) is 4. The smallest absolute Gasteiger partial charge is 0.330 e. The van der Waals surface area contributed by atoms with Crippen LogP contribution >= 0.6 is 7.25 Å². The van der Waals surface area contributed by atoms with Gasteiger partial charge in [0.05, 0.1) is 12.1 Å². The van der Waals surface area contributed by atoms with Crippen molar-refractivity contribution in [3.05, 3.63) is 43.0 Å². The topological polar surface area (TPSA) is 150 Å². The van der Waals surface area contributed by atoms with Crippen LogP contribution in [-0.2, 0) is 9.30 Å². The fourth-order valence-electron chi connectivity index (χ4n) is 2.45. The molecule has 23 heavy (non-hydrogen) atoms. The van der Waals surface area contributed by atoms with E-state index in [1.54, 1.807) is 6.92 Å². The Labute approximate surface area is 131 Å². The van der Waals surface area contributed by atoms with Crippen molar-refractivity contribution in [2.75, 3.05) is 6.16 Å². The SMILES string of the molecule is [B]P(=O)(O)CC[C@H]1O[C@@H](n2cc(C)c(=O)[nH]c2=O)C[C@@H]1N=[N+]=[N-]. The summed E-state index contributed by atoms with van der Waals surface area (Å²) in [6.45, 7) is 1.54. The van der Waals surface area contributed by atoms with Gasteiger partial charge in [-0.15, -0.1) is 0 Å². The summed E-state index contributed by atoms with van der Waals surface area (Å²) in [6, 6.07) is -0.601. The van der Waals surface area contributed by atoms with Crippen LogP contribution in [0.4, 0.5) is 0 Å². The highest BCUT2D eigenvalue weighted by Gasteiger charge is 2.36. The normalized spacial score (nSPS) is 26.4. The quantitative estimate of drug-likeness (QED) is 0.264. The number of nitrogens with one attached hydrogen (secondary N) is 1. The molecule has 12 heteroatoms. The van der Waals surface area contributed by atoms with E-state index in [-0.39, 0.29) is 19.0 Å². The molecule has 1 aliphatic heterocycles. The highest BCUT2D eigenvalue weighted by atomic mass is 31.2. The minimum atomic E-state index is -3.71. The molecule has 0 bridgehead atoms. The van der Waals surface area contributed by atoms with E-state index in [0.29, 0.717) is 5.56 Å². The molecule has 1 unspecified atom stereocenters. The van der Waals surface area contributed by atoms with E-state index in [4.69, 9.17) is 22.7 Å². The van der Waals surface area contributed by atoms with Crippen molar-refractivity contribution < 1.29 is 14.2 Å². The van der Waals surface area contributed by atoms with Gasteiger partial charge in [0, 0.05) is 29.3 Å². The van der Waals surface area contributed by atoms with E-state index in [1.165, 1.54) is 10.8 Å². The lowest BCUT2D eigenvalue weighted by Crippen LogP contribution is -2.33. The first-order valence-corrected chi connectivity index (χ1v) is 8.75. The van der Waals surface area contributed by atoms with Gasteiger partial charge in [0.25, 0.3) is 5.56 Å². The number of aryl methyl sites for hydroxylation is 1. The Morgan fingerprint density at radius 2 is 2.35 bits per heavy atom. The summed E-state index contributed by atoms with van der Waals surface area (Å²) in [4.78, 5) is 37.4. The third-order valence-electron chi connectivity index (χ3n) is 3.59. The summed E-state index contributed by atoms with van der Waals surface area (Å²) in [5.41, 5.74) is 7.82. The zero-order chi connectivity index (χ0) is 17.2. The molecule has 0 spiro atoms. The van der Waals surface area contributed by atoms with Crippen LogP contribution in [-0.4, -0.2) is 40.3 Å². The Morgan fingerprint density at radius 3 is 2.96 bits per heavy atom. The van der Waals surface area contributed by atoms with Gasteiger partial charge in [-0.05, 0) is 18.9 Å². The third kappa shape index (κ3) is 4.36. The summed E-state index contributed by atoms with van der Waals surface area (Å²) in [5, 5.41) is 3.61. The summed E-state index contributed by atoms with van der Waals surface area (Å²) in [7, 11) is 1.39. The van der Waals surface area contributed by atoms with E-state index in [1.807, 2.05) is 0 Å².